The van der Waals surface area contributed by atoms with Gasteiger partial charge in [-0.05, 0) is 64.6 Å². The molecule has 29 heavy (non-hydrogen) atoms. The van der Waals surface area contributed by atoms with Crippen molar-refractivity contribution in [1.82, 2.24) is 9.80 Å². The van der Waals surface area contributed by atoms with Gasteiger partial charge in [0.05, 0.1) is 5.69 Å². The number of aliphatic imine (C=N–C) groups is 1. The summed E-state index contributed by atoms with van der Waals surface area (Å²) in [5.41, 5.74) is 2.63. The minimum atomic E-state index is 0. The van der Waals surface area contributed by atoms with Crippen molar-refractivity contribution in [3.63, 3.8) is 0 Å². The highest BCUT2D eigenvalue weighted by atomic mass is 35.5. The fourth-order valence-electron chi connectivity index (χ4n) is 3.95. The molecule has 0 saturated heterocycles. The van der Waals surface area contributed by atoms with Gasteiger partial charge in [-0.15, -0.1) is 24.8 Å². The number of hydrogen-bond donors (Lipinski definition) is 0. The summed E-state index contributed by atoms with van der Waals surface area (Å²) in [6.45, 7) is 10.8. The molecule has 3 rings (SSSR count). The average molecular weight is 439 g/mol. The molecule has 0 spiro atoms. The molecule has 0 fully saturated rings. The highest BCUT2D eigenvalue weighted by molar-refractivity contribution is 6.27. The van der Waals surface area contributed by atoms with Crippen molar-refractivity contribution in [2.75, 3.05) is 58.3 Å². The van der Waals surface area contributed by atoms with Gasteiger partial charge in [0, 0.05) is 24.0 Å². The topological polar surface area (TPSA) is 22.1 Å². The standard InChI is InChI=1S/C23H34N4.2ClH/c1-5-26(6-2)17-9-15-24-23-20-13-7-11-19-12-8-14-21(22(19)20)27(23)18-10-16-25(3)4;;/h7-8,11-14H,5-6,9-10,15-18H2,1-4H3;2*1H/b24-23-;;. The van der Waals surface area contributed by atoms with E-state index in [1.807, 2.05) is 0 Å². The summed E-state index contributed by atoms with van der Waals surface area (Å²) >= 11 is 0. The summed E-state index contributed by atoms with van der Waals surface area (Å²) in [5.74, 6) is 1.17. The molecule has 0 aromatic heterocycles. The van der Waals surface area contributed by atoms with Gasteiger partial charge in [-0.3, -0.25) is 4.99 Å². The minimum absolute atomic E-state index is 0. The van der Waals surface area contributed by atoms with Crippen molar-refractivity contribution in [1.29, 1.82) is 0 Å². The normalized spacial score (nSPS) is 14.0. The molecule has 0 amide bonds. The zero-order valence-electron chi connectivity index (χ0n) is 18.2. The van der Waals surface area contributed by atoms with Crippen LogP contribution in [0.2, 0.25) is 0 Å². The lowest BCUT2D eigenvalue weighted by atomic mass is 10.1. The van der Waals surface area contributed by atoms with E-state index >= 15 is 0 Å². The Labute approximate surface area is 188 Å². The van der Waals surface area contributed by atoms with Gasteiger partial charge in [0.1, 0.15) is 5.84 Å². The van der Waals surface area contributed by atoms with Crippen molar-refractivity contribution in [2.24, 2.45) is 4.99 Å². The van der Waals surface area contributed by atoms with Crippen molar-refractivity contribution in [3.8, 4) is 0 Å². The second-order valence-electron chi connectivity index (χ2n) is 7.58. The third-order valence-corrected chi connectivity index (χ3v) is 5.45. The van der Waals surface area contributed by atoms with E-state index in [0.29, 0.717) is 0 Å². The van der Waals surface area contributed by atoms with Crippen molar-refractivity contribution in [3.05, 3.63) is 42.0 Å². The molecule has 162 valence electrons. The summed E-state index contributed by atoms with van der Waals surface area (Å²) in [4.78, 5) is 12.3. The Kier molecular flexibility index (Phi) is 11.0. The first-order valence-corrected chi connectivity index (χ1v) is 10.4. The van der Waals surface area contributed by atoms with Crippen LogP contribution in [0.5, 0.6) is 0 Å². The van der Waals surface area contributed by atoms with Crippen LogP contribution in [0.1, 0.15) is 32.3 Å². The van der Waals surface area contributed by atoms with Crippen LogP contribution in [0, 0.1) is 0 Å². The summed E-state index contributed by atoms with van der Waals surface area (Å²) in [6.07, 6.45) is 2.25. The molecule has 4 nitrogen and oxygen atoms in total. The van der Waals surface area contributed by atoms with Crippen LogP contribution in [-0.2, 0) is 0 Å². The Morgan fingerprint density at radius 1 is 0.897 bits per heavy atom. The highest BCUT2D eigenvalue weighted by Gasteiger charge is 2.27. The lowest BCUT2D eigenvalue weighted by Gasteiger charge is -2.22. The zero-order chi connectivity index (χ0) is 19.2. The summed E-state index contributed by atoms with van der Waals surface area (Å²) in [6, 6.07) is 13.2. The van der Waals surface area contributed by atoms with Gasteiger partial charge < -0.3 is 14.7 Å². The van der Waals surface area contributed by atoms with E-state index in [9.17, 15) is 0 Å². The zero-order valence-corrected chi connectivity index (χ0v) is 19.9. The van der Waals surface area contributed by atoms with Crippen molar-refractivity contribution < 1.29 is 0 Å². The molecule has 0 saturated carbocycles. The molecule has 0 atom stereocenters. The molecule has 1 aliphatic rings. The fraction of sp³-hybridized carbons (Fsp3) is 0.522. The number of anilines is 1. The van der Waals surface area contributed by atoms with Gasteiger partial charge in [0.25, 0.3) is 0 Å². The quantitative estimate of drug-likeness (QED) is 0.490. The Bertz CT molecular complexity index is 782. The Balaban J connectivity index is 0.00000210. The van der Waals surface area contributed by atoms with E-state index in [4.69, 9.17) is 4.99 Å². The van der Waals surface area contributed by atoms with Gasteiger partial charge >= 0.3 is 0 Å². The molecule has 0 N–H and O–H groups in total. The Hall–Kier alpha value is -1.33. The van der Waals surface area contributed by atoms with Crippen molar-refractivity contribution in [2.45, 2.75) is 26.7 Å². The van der Waals surface area contributed by atoms with Gasteiger partial charge in [-0.2, -0.15) is 0 Å². The second kappa shape index (κ2) is 12.4. The lowest BCUT2D eigenvalue weighted by Crippen LogP contribution is -2.31. The first kappa shape index (κ1) is 25.7. The van der Waals surface area contributed by atoms with Crippen LogP contribution >= 0.6 is 24.8 Å². The van der Waals surface area contributed by atoms with Gasteiger partial charge in [0.15, 0.2) is 0 Å². The smallest absolute Gasteiger partial charge is 0.136 e. The number of rotatable bonds is 10. The molecule has 2 aromatic carbocycles. The van der Waals surface area contributed by atoms with E-state index in [-0.39, 0.29) is 24.8 Å². The van der Waals surface area contributed by atoms with Crippen LogP contribution in [-0.4, -0.2) is 69.0 Å². The van der Waals surface area contributed by atoms with E-state index in [1.54, 1.807) is 0 Å². The first-order valence-electron chi connectivity index (χ1n) is 10.4. The van der Waals surface area contributed by atoms with Gasteiger partial charge in [0.2, 0.25) is 0 Å². The molecular weight excluding hydrogens is 403 g/mol. The monoisotopic (exact) mass is 438 g/mol. The van der Waals surface area contributed by atoms with E-state index in [2.05, 4.69) is 79.0 Å². The minimum Gasteiger partial charge on any atom is -0.326 e. The molecule has 1 aliphatic heterocycles. The maximum Gasteiger partial charge on any atom is 0.136 e. The lowest BCUT2D eigenvalue weighted by molar-refractivity contribution is 0.302. The molecule has 0 aliphatic carbocycles. The van der Waals surface area contributed by atoms with Gasteiger partial charge in [-0.25, -0.2) is 0 Å². The maximum absolute atomic E-state index is 5.09. The summed E-state index contributed by atoms with van der Waals surface area (Å²) in [5, 5.41) is 2.68. The van der Waals surface area contributed by atoms with E-state index < -0.39 is 0 Å². The Morgan fingerprint density at radius 2 is 1.59 bits per heavy atom. The first-order chi connectivity index (χ1) is 13.2. The fourth-order valence-corrected chi connectivity index (χ4v) is 3.95. The number of halogens is 2. The summed E-state index contributed by atoms with van der Waals surface area (Å²) < 4.78 is 0. The molecule has 6 heteroatoms. The average Bonchev–Trinajstić information content (AvgIpc) is 2.97. The van der Waals surface area contributed by atoms with Crippen LogP contribution in [0.15, 0.2) is 41.4 Å². The SMILES string of the molecule is CCN(CC)CCC/N=C1/c2cccc3cccc(c23)N1CCCN(C)C.Cl.Cl. The highest BCUT2D eigenvalue weighted by Crippen LogP contribution is 2.37. The number of amidine groups is 1. The molecular formula is C23H36Cl2N4. The third kappa shape index (κ3) is 6.08. The Morgan fingerprint density at radius 3 is 2.24 bits per heavy atom. The second-order valence-corrected chi connectivity index (χ2v) is 7.58. The van der Waals surface area contributed by atoms with Gasteiger partial charge in [-0.1, -0.05) is 44.2 Å². The van der Waals surface area contributed by atoms with E-state index in [0.717, 1.165) is 52.1 Å². The van der Waals surface area contributed by atoms with Crippen LogP contribution < -0.4 is 4.90 Å². The van der Waals surface area contributed by atoms with E-state index in [1.165, 1.54) is 27.9 Å². The predicted molar refractivity (Wildman–Crippen MR) is 133 cm³/mol. The number of nitrogens with zero attached hydrogens (tertiary/aromatic N) is 4. The molecule has 0 radical (unpaired) electrons. The summed E-state index contributed by atoms with van der Waals surface area (Å²) in [7, 11) is 4.28. The number of hydrogen-bond acceptors (Lipinski definition) is 3. The number of benzene rings is 2. The van der Waals surface area contributed by atoms with Crippen LogP contribution in [0.25, 0.3) is 10.8 Å². The third-order valence-electron chi connectivity index (χ3n) is 5.45. The van der Waals surface area contributed by atoms with Crippen molar-refractivity contribution >= 4 is 47.1 Å². The molecule has 1 heterocycles. The largest absolute Gasteiger partial charge is 0.326 e. The molecule has 2 aromatic rings. The molecule has 0 bridgehead atoms. The predicted octanol–water partition coefficient (Wildman–Crippen LogP) is 4.93. The molecule has 0 unspecified atom stereocenters. The van der Waals surface area contributed by atoms with Crippen LogP contribution in [0.3, 0.4) is 0 Å². The van der Waals surface area contributed by atoms with Crippen LogP contribution in [0.4, 0.5) is 5.69 Å². The maximum atomic E-state index is 5.09.